The Bertz CT molecular complexity index is 391. The molecule has 4 nitrogen and oxygen atoms in total. The number of hydrogen-bond donors (Lipinski definition) is 0. The molecule has 0 bridgehead atoms. The highest BCUT2D eigenvalue weighted by atomic mass is 79.9. The molecule has 0 fully saturated rings. The Balaban J connectivity index is 2.73. The number of amides is 1. The van der Waals surface area contributed by atoms with Crippen molar-refractivity contribution in [3.8, 4) is 0 Å². The number of aromatic nitrogens is 1. The highest BCUT2D eigenvalue weighted by Crippen LogP contribution is 2.12. The van der Waals surface area contributed by atoms with Crippen molar-refractivity contribution in [2.75, 3.05) is 13.6 Å². The normalized spacial score (nSPS) is 9.82. The van der Waals surface area contributed by atoms with Gasteiger partial charge in [0.15, 0.2) is 0 Å². The molecule has 92 valence electrons. The van der Waals surface area contributed by atoms with Gasteiger partial charge in [0.2, 0.25) is 6.41 Å². The van der Waals surface area contributed by atoms with Crippen LogP contribution < -0.4 is 0 Å². The van der Waals surface area contributed by atoms with Crippen molar-refractivity contribution >= 4 is 22.3 Å². The SMILES string of the molecule is C=C(N(C)C=O)N(CC)Cc1ccc(Br)nc1. The second-order valence-corrected chi connectivity index (χ2v) is 4.45. The van der Waals surface area contributed by atoms with E-state index in [1.807, 2.05) is 24.0 Å². The maximum absolute atomic E-state index is 10.7. The highest BCUT2D eigenvalue weighted by molar-refractivity contribution is 9.10. The van der Waals surface area contributed by atoms with Gasteiger partial charge in [-0.25, -0.2) is 4.98 Å². The van der Waals surface area contributed by atoms with Crippen molar-refractivity contribution in [3.05, 3.63) is 40.9 Å². The second kappa shape index (κ2) is 6.39. The van der Waals surface area contributed by atoms with E-state index in [2.05, 4.69) is 27.5 Å². The summed E-state index contributed by atoms with van der Waals surface area (Å²) in [6.07, 6.45) is 2.56. The molecule has 0 saturated carbocycles. The van der Waals surface area contributed by atoms with Crippen LogP contribution in [-0.4, -0.2) is 34.8 Å². The van der Waals surface area contributed by atoms with Crippen molar-refractivity contribution in [1.29, 1.82) is 0 Å². The molecule has 0 saturated heterocycles. The van der Waals surface area contributed by atoms with Crippen LogP contribution in [-0.2, 0) is 11.3 Å². The van der Waals surface area contributed by atoms with Crippen LogP contribution in [0.1, 0.15) is 12.5 Å². The van der Waals surface area contributed by atoms with E-state index in [4.69, 9.17) is 0 Å². The molecule has 0 unspecified atom stereocenters. The zero-order valence-corrected chi connectivity index (χ0v) is 11.6. The predicted molar refractivity (Wildman–Crippen MR) is 71.0 cm³/mol. The average Bonchev–Trinajstić information content (AvgIpc) is 2.36. The van der Waals surface area contributed by atoms with Gasteiger partial charge < -0.3 is 9.80 Å². The molecule has 0 atom stereocenters. The quantitative estimate of drug-likeness (QED) is 0.597. The minimum atomic E-state index is 0.686. The zero-order valence-electron chi connectivity index (χ0n) is 10.1. The molecule has 0 aliphatic rings. The zero-order chi connectivity index (χ0) is 12.8. The van der Waals surface area contributed by atoms with Gasteiger partial charge in [-0.2, -0.15) is 0 Å². The van der Waals surface area contributed by atoms with Crippen LogP contribution in [0.4, 0.5) is 0 Å². The van der Waals surface area contributed by atoms with Crippen LogP contribution in [0.5, 0.6) is 0 Å². The lowest BCUT2D eigenvalue weighted by Crippen LogP contribution is -2.31. The molecule has 1 aromatic rings. The number of hydrogen-bond acceptors (Lipinski definition) is 3. The summed E-state index contributed by atoms with van der Waals surface area (Å²) in [6, 6.07) is 3.89. The van der Waals surface area contributed by atoms with E-state index in [-0.39, 0.29) is 0 Å². The van der Waals surface area contributed by atoms with E-state index in [1.54, 1.807) is 13.2 Å². The Hall–Kier alpha value is -1.36. The molecule has 0 N–H and O–H groups in total. The molecule has 1 aromatic heterocycles. The lowest BCUT2D eigenvalue weighted by molar-refractivity contribution is -0.116. The molecular formula is C12H16BrN3O. The predicted octanol–water partition coefficient (Wildman–Crippen LogP) is 2.23. The van der Waals surface area contributed by atoms with Crippen molar-refractivity contribution < 1.29 is 4.79 Å². The summed E-state index contributed by atoms with van der Waals surface area (Å²) in [4.78, 5) is 18.3. The third-order valence-corrected chi connectivity index (χ3v) is 2.94. The maximum Gasteiger partial charge on any atom is 0.214 e. The van der Waals surface area contributed by atoms with Gasteiger partial charge in [-0.1, -0.05) is 12.6 Å². The molecule has 0 aliphatic carbocycles. The van der Waals surface area contributed by atoms with E-state index in [1.165, 1.54) is 4.90 Å². The lowest BCUT2D eigenvalue weighted by Gasteiger charge is -2.28. The third-order valence-electron chi connectivity index (χ3n) is 2.47. The van der Waals surface area contributed by atoms with Crippen LogP contribution in [0.15, 0.2) is 35.3 Å². The Morgan fingerprint density at radius 2 is 2.29 bits per heavy atom. The van der Waals surface area contributed by atoms with E-state index in [9.17, 15) is 4.79 Å². The molecule has 1 heterocycles. The monoisotopic (exact) mass is 297 g/mol. The maximum atomic E-state index is 10.7. The first kappa shape index (κ1) is 13.7. The van der Waals surface area contributed by atoms with Gasteiger partial charge in [0.25, 0.3) is 0 Å². The summed E-state index contributed by atoms with van der Waals surface area (Å²) >= 11 is 3.30. The van der Waals surface area contributed by atoms with Crippen molar-refractivity contribution in [2.45, 2.75) is 13.5 Å². The number of rotatable bonds is 6. The largest absolute Gasteiger partial charge is 0.354 e. The van der Waals surface area contributed by atoms with Crippen LogP contribution >= 0.6 is 15.9 Å². The molecule has 1 amide bonds. The summed E-state index contributed by atoms with van der Waals surface area (Å²) in [5.74, 6) is 0.686. The van der Waals surface area contributed by atoms with Crippen LogP contribution in [0.25, 0.3) is 0 Å². The Labute approximate surface area is 110 Å². The van der Waals surface area contributed by atoms with Gasteiger partial charge >= 0.3 is 0 Å². The first-order chi connectivity index (χ1) is 8.08. The van der Waals surface area contributed by atoms with Crippen molar-refractivity contribution in [2.24, 2.45) is 0 Å². The first-order valence-electron chi connectivity index (χ1n) is 5.31. The highest BCUT2D eigenvalue weighted by Gasteiger charge is 2.10. The summed E-state index contributed by atoms with van der Waals surface area (Å²) in [5.41, 5.74) is 1.08. The number of nitrogens with zero attached hydrogens (tertiary/aromatic N) is 3. The number of pyridine rings is 1. The smallest absolute Gasteiger partial charge is 0.214 e. The Kier molecular flexibility index (Phi) is 5.15. The van der Waals surface area contributed by atoms with Crippen LogP contribution in [0.3, 0.4) is 0 Å². The van der Waals surface area contributed by atoms with E-state index < -0.39 is 0 Å². The van der Waals surface area contributed by atoms with Crippen LogP contribution in [0.2, 0.25) is 0 Å². The van der Waals surface area contributed by atoms with Gasteiger partial charge in [-0.15, -0.1) is 0 Å². The molecule has 0 spiro atoms. The fourth-order valence-electron chi connectivity index (χ4n) is 1.39. The summed E-state index contributed by atoms with van der Waals surface area (Å²) in [7, 11) is 1.69. The summed E-state index contributed by atoms with van der Waals surface area (Å²) < 4.78 is 0.813. The van der Waals surface area contributed by atoms with E-state index in [0.717, 1.165) is 23.1 Å². The molecule has 5 heteroatoms. The average molecular weight is 298 g/mol. The molecule has 0 aliphatic heterocycles. The third kappa shape index (κ3) is 3.85. The number of halogens is 1. The first-order valence-corrected chi connectivity index (χ1v) is 6.10. The topological polar surface area (TPSA) is 36.4 Å². The van der Waals surface area contributed by atoms with E-state index in [0.29, 0.717) is 12.4 Å². The molecular weight excluding hydrogens is 282 g/mol. The number of carbonyl (C=O) groups is 1. The van der Waals surface area contributed by atoms with Gasteiger partial charge in [0, 0.05) is 26.3 Å². The standard InChI is InChI=1S/C12H16BrN3O/c1-4-16(10(2)15(3)9-17)8-11-5-6-12(13)14-7-11/h5-7,9H,2,4,8H2,1,3H3. The molecule has 0 aromatic carbocycles. The second-order valence-electron chi connectivity index (χ2n) is 3.64. The van der Waals surface area contributed by atoms with Gasteiger partial charge in [-0.05, 0) is 34.5 Å². The Morgan fingerprint density at radius 3 is 2.76 bits per heavy atom. The summed E-state index contributed by atoms with van der Waals surface area (Å²) in [5, 5.41) is 0. The fourth-order valence-corrected chi connectivity index (χ4v) is 1.62. The minimum Gasteiger partial charge on any atom is -0.354 e. The molecule has 0 radical (unpaired) electrons. The van der Waals surface area contributed by atoms with Crippen molar-refractivity contribution in [1.82, 2.24) is 14.8 Å². The van der Waals surface area contributed by atoms with Gasteiger partial charge in [-0.3, -0.25) is 4.79 Å². The van der Waals surface area contributed by atoms with E-state index >= 15 is 0 Å². The molecule has 1 rings (SSSR count). The summed E-state index contributed by atoms with van der Waals surface area (Å²) in [6.45, 7) is 7.40. The van der Waals surface area contributed by atoms with Gasteiger partial charge in [0.05, 0.1) is 0 Å². The van der Waals surface area contributed by atoms with Gasteiger partial charge in [0.1, 0.15) is 10.4 Å². The van der Waals surface area contributed by atoms with Crippen LogP contribution in [0, 0.1) is 0 Å². The number of carbonyl (C=O) groups excluding carboxylic acids is 1. The minimum absolute atomic E-state index is 0.686. The fraction of sp³-hybridized carbons (Fsp3) is 0.333. The lowest BCUT2D eigenvalue weighted by atomic mass is 10.2. The molecule has 17 heavy (non-hydrogen) atoms. The Morgan fingerprint density at radius 1 is 1.59 bits per heavy atom. The van der Waals surface area contributed by atoms with Crippen molar-refractivity contribution in [3.63, 3.8) is 0 Å².